The maximum absolute atomic E-state index is 3.33. The molecule has 0 fully saturated rings. The summed E-state index contributed by atoms with van der Waals surface area (Å²) in [6.07, 6.45) is 5.37. The second kappa shape index (κ2) is 6.66. The van der Waals surface area contributed by atoms with Gasteiger partial charge in [0.25, 0.3) is 0 Å². The Morgan fingerprint density at radius 2 is 1.55 bits per heavy atom. The van der Waals surface area contributed by atoms with Crippen LogP contribution in [0.2, 0.25) is 0 Å². The molecule has 0 aromatic carbocycles. The maximum atomic E-state index is 3.33. The lowest BCUT2D eigenvalue weighted by molar-refractivity contribution is 0.343. The third-order valence-electron chi connectivity index (χ3n) is 2.48. The van der Waals surface area contributed by atoms with Crippen molar-refractivity contribution in [2.75, 3.05) is 7.05 Å². The van der Waals surface area contributed by atoms with Gasteiger partial charge in [0.2, 0.25) is 0 Å². The van der Waals surface area contributed by atoms with Crippen molar-refractivity contribution in [1.82, 2.24) is 5.32 Å². The Bertz CT molecular complexity index is 74.9. The average molecular weight is 157 g/mol. The lowest BCUT2D eigenvalue weighted by atomic mass is 9.92. The van der Waals surface area contributed by atoms with Crippen molar-refractivity contribution in [2.24, 2.45) is 5.92 Å². The van der Waals surface area contributed by atoms with Gasteiger partial charge in [-0.1, -0.05) is 26.7 Å². The molecular weight excluding hydrogens is 134 g/mol. The van der Waals surface area contributed by atoms with Gasteiger partial charge in [-0.25, -0.2) is 0 Å². The van der Waals surface area contributed by atoms with E-state index in [0.717, 1.165) is 5.92 Å². The molecule has 0 aliphatic carbocycles. The van der Waals surface area contributed by atoms with E-state index in [9.17, 15) is 0 Å². The Morgan fingerprint density at radius 1 is 1.09 bits per heavy atom. The summed E-state index contributed by atoms with van der Waals surface area (Å²) in [7, 11) is 2.06. The summed E-state index contributed by atoms with van der Waals surface area (Å²) in [5, 5.41) is 3.33. The van der Waals surface area contributed by atoms with Crippen molar-refractivity contribution in [3.05, 3.63) is 0 Å². The topological polar surface area (TPSA) is 12.0 Å². The number of nitrogens with one attached hydrogen (secondary N) is 1. The third-order valence-corrected chi connectivity index (χ3v) is 2.48. The van der Waals surface area contributed by atoms with Gasteiger partial charge in [0.15, 0.2) is 0 Å². The highest BCUT2D eigenvalue weighted by atomic mass is 14.9. The SMILES string of the molecule is CCCC(CCC)C(C)NC. The van der Waals surface area contributed by atoms with Gasteiger partial charge >= 0.3 is 0 Å². The molecule has 0 spiro atoms. The molecule has 1 nitrogen and oxygen atoms in total. The molecule has 68 valence electrons. The zero-order valence-electron chi connectivity index (χ0n) is 8.48. The quantitative estimate of drug-likeness (QED) is 0.625. The van der Waals surface area contributed by atoms with Crippen LogP contribution in [0.15, 0.2) is 0 Å². The molecule has 0 bridgehead atoms. The van der Waals surface area contributed by atoms with Gasteiger partial charge in [0, 0.05) is 6.04 Å². The van der Waals surface area contributed by atoms with Crippen LogP contribution < -0.4 is 5.32 Å². The molecule has 11 heavy (non-hydrogen) atoms. The van der Waals surface area contributed by atoms with Gasteiger partial charge in [0.1, 0.15) is 0 Å². The summed E-state index contributed by atoms with van der Waals surface area (Å²) in [6, 6.07) is 0.690. The predicted octanol–water partition coefficient (Wildman–Crippen LogP) is 2.81. The van der Waals surface area contributed by atoms with Crippen molar-refractivity contribution in [2.45, 2.75) is 52.5 Å². The molecule has 0 aliphatic heterocycles. The molecule has 0 rings (SSSR count). The fraction of sp³-hybridized carbons (Fsp3) is 1.00. The molecule has 0 radical (unpaired) electrons. The fourth-order valence-corrected chi connectivity index (χ4v) is 1.62. The van der Waals surface area contributed by atoms with Gasteiger partial charge in [-0.05, 0) is 32.7 Å². The van der Waals surface area contributed by atoms with Crippen molar-refractivity contribution in [3.8, 4) is 0 Å². The zero-order valence-corrected chi connectivity index (χ0v) is 8.48. The molecule has 1 N–H and O–H groups in total. The van der Waals surface area contributed by atoms with Crippen LogP contribution in [-0.2, 0) is 0 Å². The summed E-state index contributed by atoms with van der Waals surface area (Å²) in [5.41, 5.74) is 0. The van der Waals surface area contributed by atoms with E-state index in [-0.39, 0.29) is 0 Å². The minimum Gasteiger partial charge on any atom is -0.317 e. The Kier molecular flexibility index (Phi) is 6.63. The van der Waals surface area contributed by atoms with Gasteiger partial charge in [0.05, 0.1) is 0 Å². The smallest absolute Gasteiger partial charge is 0.00639 e. The second-order valence-corrected chi connectivity index (χ2v) is 3.41. The van der Waals surface area contributed by atoms with Crippen LogP contribution >= 0.6 is 0 Å². The summed E-state index contributed by atoms with van der Waals surface area (Å²) >= 11 is 0. The van der Waals surface area contributed by atoms with Crippen LogP contribution in [0.1, 0.15) is 46.5 Å². The number of rotatable bonds is 6. The molecule has 0 heterocycles. The molecule has 1 unspecified atom stereocenters. The first-order chi connectivity index (χ1) is 5.26. The van der Waals surface area contributed by atoms with Crippen molar-refractivity contribution in [3.63, 3.8) is 0 Å². The summed E-state index contributed by atoms with van der Waals surface area (Å²) in [5.74, 6) is 0.884. The first-order valence-electron chi connectivity index (χ1n) is 4.93. The van der Waals surface area contributed by atoms with Gasteiger partial charge in [-0.15, -0.1) is 0 Å². The highest BCUT2D eigenvalue weighted by molar-refractivity contribution is 4.69. The Balaban J connectivity index is 3.66. The molecule has 0 saturated carbocycles. The van der Waals surface area contributed by atoms with Crippen molar-refractivity contribution < 1.29 is 0 Å². The highest BCUT2D eigenvalue weighted by Crippen LogP contribution is 2.16. The molecule has 0 aromatic heterocycles. The van der Waals surface area contributed by atoms with E-state index in [1.807, 2.05) is 0 Å². The van der Waals surface area contributed by atoms with E-state index >= 15 is 0 Å². The molecule has 0 aliphatic rings. The summed E-state index contributed by atoms with van der Waals surface area (Å²) in [4.78, 5) is 0. The molecule has 0 amide bonds. The lowest BCUT2D eigenvalue weighted by Gasteiger charge is -2.22. The second-order valence-electron chi connectivity index (χ2n) is 3.41. The van der Waals surface area contributed by atoms with Crippen LogP contribution in [0.25, 0.3) is 0 Å². The summed E-state index contributed by atoms with van der Waals surface area (Å²) in [6.45, 7) is 6.83. The van der Waals surface area contributed by atoms with E-state index in [1.165, 1.54) is 25.7 Å². The predicted molar refractivity (Wildman–Crippen MR) is 51.8 cm³/mol. The van der Waals surface area contributed by atoms with Crippen LogP contribution in [0.3, 0.4) is 0 Å². The van der Waals surface area contributed by atoms with E-state index in [2.05, 4.69) is 33.1 Å². The molecule has 0 aromatic rings. The van der Waals surface area contributed by atoms with Gasteiger partial charge < -0.3 is 5.32 Å². The normalized spacial score (nSPS) is 13.9. The number of hydrogen-bond donors (Lipinski definition) is 1. The van der Waals surface area contributed by atoms with E-state index in [1.54, 1.807) is 0 Å². The van der Waals surface area contributed by atoms with Crippen LogP contribution in [0, 0.1) is 5.92 Å². The zero-order chi connectivity index (χ0) is 8.69. The van der Waals surface area contributed by atoms with E-state index in [0.29, 0.717) is 6.04 Å². The minimum atomic E-state index is 0.690. The first-order valence-corrected chi connectivity index (χ1v) is 4.93. The first kappa shape index (κ1) is 11.0. The lowest BCUT2D eigenvalue weighted by Crippen LogP contribution is -2.30. The largest absolute Gasteiger partial charge is 0.317 e. The number of hydrogen-bond acceptors (Lipinski definition) is 1. The van der Waals surface area contributed by atoms with Gasteiger partial charge in [-0.3, -0.25) is 0 Å². The van der Waals surface area contributed by atoms with Crippen LogP contribution in [0.4, 0.5) is 0 Å². The molecule has 0 saturated heterocycles. The standard InChI is InChI=1S/C10H23N/c1-5-7-10(8-6-2)9(3)11-4/h9-11H,5-8H2,1-4H3. The fourth-order valence-electron chi connectivity index (χ4n) is 1.62. The van der Waals surface area contributed by atoms with Gasteiger partial charge in [-0.2, -0.15) is 0 Å². The van der Waals surface area contributed by atoms with Crippen molar-refractivity contribution >= 4 is 0 Å². The Morgan fingerprint density at radius 3 is 1.82 bits per heavy atom. The highest BCUT2D eigenvalue weighted by Gasteiger charge is 2.12. The molecule has 1 heteroatoms. The Hall–Kier alpha value is -0.0400. The van der Waals surface area contributed by atoms with E-state index in [4.69, 9.17) is 0 Å². The molecule has 1 atom stereocenters. The average Bonchev–Trinajstić information content (AvgIpc) is 2.03. The monoisotopic (exact) mass is 157 g/mol. The molecular formula is C10H23N. The maximum Gasteiger partial charge on any atom is 0.00639 e. The van der Waals surface area contributed by atoms with Crippen LogP contribution in [-0.4, -0.2) is 13.1 Å². The summed E-state index contributed by atoms with van der Waals surface area (Å²) < 4.78 is 0. The van der Waals surface area contributed by atoms with E-state index < -0.39 is 0 Å². The van der Waals surface area contributed by atoms with Crippen molar-refractivity contribution in [1.29, 1.82) is 0 Å². The van der Waals surface area contributed by atoms with Crippen LogP contribution in [0.5, 0.6) is 0 Å². The Labute approximate surface area is 71.6 Å². The third kappa shape index (κ3) is 4.41. The minimum absolute atomic E-state index is 0.690.